The van der Waals surface area contributed by atoms with Crippen molar-refractivity contribution in [1.29, 1.82) is 0 Å². The number of halogens is 4. The van der Waals surface area contributed by atoms with Gasteiger partial charge in [-0.3, -0.25) is 9.79 Å². The molecule has 0 spiro atoms. The highest BCUT2D eigenvalue weighted by atomic mass is 127. The SMILES string of the molecule is CCNC(=NCCC(CC)N1CCCC1=O)NCCc1nc(C(F)(F)F)cs1.I. The van der Waals surface area contributed by atoms with E-state index in [0.29, 0.717) is 43.4 Å². The number of nitrogens with zero attached hydrogens (tertiary/aromatic N) is 3. The standard InChI is InChI=1S/C18H28F3N5OS.HI/c1-3-13(26-11-5-6-16(26)27)7-9-23-17(22-4-2)24-10-8-15-25-14(12-28-15)18(19,20)21;/h12-13H,3-11H2,1-2H3,(H2,22,23,24);1H. The Morgan fingerprint density at radius 2 is 2.14 bits per heavy atom. The van der Waals surface area contributed by atoms with Crippen molar-refractivity contribution >= 4 is 47.2 Å². The summed E-state index contributed by atoms with van der Waals surface area (Å²) in [6.45, 7) is 6.56. The van der Waals surface area contributed by atoms with Gasteiger partial charge in [-0.05, 0) is 26.2 Å². The van der Waals surface area contributed by atoms with Crippen LogP contribution < -0.4 is 10.6 Å². The number of aliphatic imine (C=N–C) groups is 1. The van der Waals surface area contributed by atoms with Gasteiger partial charge in [-0.2, -0.15) is 13.2 Å². The lowest BCUT2D eigenvalue weighted by molar-refractivity contribution is -0.140. The van der Waals surface area contributed by atoms with Crippen LogP contribution >= 0.6 is 35.3 Å². The molecule has 1 aromatic rings. The molecule has 29 heavy (non-hydrogen) atoms. The van der Waals surface area contributed by atoms with E-state index in [1.807, 2.05) is 11.8 Å². The van der Waals surface area contributed by atoms with Gasteiger partial charge in [0.2, 0.25) is 5.91 Å². The maximum atomic E-state index is 12.6. The molecule has 1 unspecified atom stereocenters. The summed E-state index contributed by atoms with van der Waals surface area (Å²) in [5.41, 5.74) is -0.838. The van der Waals surface area contributed by atoms with E-state index in [9.17, 15) is 18.0 Å². The summed E-state index contributed by atoms with van der Waals surface area (Å²) in [7, 11) is 0. The molecule has 1 fully saturated rings. The topological polar surface area (TPSA) is 69.6 Å². The van der Waals surface area contributed by atoms with Gasteiger partial charge in [-0.1, -0.05) is 6.92 Å². The van der Waals surface area contributed by atoms with Crippen molar-refractivity contribution in [2.45, 2.75) is 58.2 Å². The summed E-state index contributed by atoms with van der Waals surface area (Å²) in [4.78, 5) is 22.0. The quantitative estimate of drug-likeness (QED) is 0.281. The Kier molecular flexibility index (Phi) is 11.2. The third kappa shape index (κ3) is 8.27. The van der Waals surface area contributed by atoms with Crippen molar-refractivity contribution in [2.75, 3.05) is 26.2 Å². The molecule has 0 radical (unpaired) electrons. The van der Waals surface area contributed by atoms with Crippen molar-refractivity contribution in [3.63, 3.8) is 0 Å². The molecule has 2 N–H and O–H groups in total. The Bertz CT molecular complexity index is 668. The number of likely N-dealkylation sites (tertiary alicyclic amines) is 1. The summed E-state index contributed by atoms with van der Waals surface area (Å²) in [6.07, 6.45) is -0.750. The van der Waals surface area contributed by atoms with Gasteiger partial charge in [0.1, 0.15) is 0 Å². The van der Waals surface area contributed by atoms with Crippen LogP contribution in [0.25, 0.3) is 0 Å². The van der Waals surface area contributed by atoms with E-state index in [1.54, 1.807) is 0 Å². The lowest BCUT2D eigenvalue weighted by Gasteiger charge is -2.26. The summed E-state index contributed by atoms with van der Waals surface area (Å²) in [6, 6.07) is 0.206. The minimum Gasteiger partial charge on any atom is -0.357 e. The van der Waals surface area contributed by atoms with Crippen LogP contribution in [0.5, 0.6) is 0 Å². The molecule has 166 valence electrons. The Hall–Kier alpha value is -1.11. The fourth-order valence-corrected chi connectivity index (χ4v) is 3.95. The number of hydrogen-bond acceptors (Lipinski definition) is 4. The smallest absolute Gasteiger partial charge is 0.357 e. The lowest BCUT2D eigenvalue weighted by Crippen LogP contribution is -2.39. The van der Waals surface area contributed by atoms with Gasteiger partial charge >= 0.3 is 6.18 Å². The zero-order chi connectivity index (χ0) is 20.6. The summed E-state index contributed by atoms with van der Waals surface area (Å²) in [5.74, 6) is 0.847. The second-order valence-corrected chi connectivity index (χ2v) is 7.55. The Morgan fingerprint density at radius 1 is 1.38 bits per heavy atom. The highest BCUT2D eigenvalue weighted by molar-refractivity contribution is 14.0. The van der Waals surface area contributed by atoms with Gasteiger partial charge in [0.25, 0.3) is 0 Å². The Balaban J connectivity index is 0.00000420. The molecule has 1 aliphatic heterocycles. The third-order valence-electron chi connectivity index (χ3n) is 4.57. The van der Waals surface area contributed by atoms with Crippen molar-refractivity contribution in [2.24, 2.45) is 4.99 Å². The molecule has 1 aromatic heterocycles. The van der Waals surface area contributed by atoms with Crippen LogP contribution in [0.3, 0.4) is 0 Å². The molecule has 1 amide bonds. The molecular formula is C18H29F3IN5OS. The fraction of sp³-hybridized carbons (Fsp3) is 0.722. The summed E-state index contributed by atoms with van der Waals surface area (Å²) < 4.78 is 37.8. The predicted molar refractivity (Wildman–Crippen MR) is 120 cm³/mol. The van der Waals surface area contributed by atoms with Crippen LogP contribution in [-0.4, -0.2) is 54.0 Å². The van der Waals surface area contributed by atoms with E-state index in [-0.39, 0.29) is 35.9 Å². The van der Waals surface area contributed by atoms with Crippen LogP contribution in [0.2, 0.25) is 0 Å². The van der Waals surface area contributed by atoms with Crippen molar-refractivity contribution in [3.05, 3.63) is 16.1 Å². The second-order valence-electron chi connectivity index (χ2n) is 6.60. The van der Waals surface area contributed by atoms with Gasteiger partial charge in [0.05, 0.1) is 5.01 Å². The summed E-state index contributed by atoms with van der Waals surface area (Å²) in [5, 5.41) is 7.74. The third-order valence-corrected chi connectivity index (χ3v) is 5.48. The molecule has 2 rings (SSSR count). The zero-order valence-electron chi connectivity index (χ0n) is 16.7. The number of hydrogen-bond donors (Lipinski definition) is 2. The van der Waals surface area contributed by atoms with E-state index < -0.39 is 11.9 Å². The van der Waals surface area contributed by atoms with Gasteiger partial charge in [-0.15, -0.1) is 35.3 Å². The molecule has 6 nitrogen and oxygen atoms in total. The second kappa shape index (κ2) is 12.6. The molecule has 2 heterocycles. The first-order valence-corrected chi connectivity index (χ1v) is 10.6. The van der Waals surface area contributed by atoms with E-state index in [4.69, 9.17) is 0 Å². The van der Waals surface area contributed by atoms with Crippen molar-refractivity contribution in [1.82, 2.24) is 20.5 Å². The van der Waals surface area contributed by atoms with E-state index in [0.717, 1.165) is 42.5 Å². The van der Waals surface area contributed by atoms with Crippen LogP contribution in [0.1, 0.15) is 50.2 Å². The van der Waals surface area contributed by atoms with Crippen LogP contribution in [0, 0.1) is 0 Å². The molecular weight excluding hydrogens is 518 g/mol. The first kappa shape index (κ1) is 25.9. The Morgan fingerprint density at radius 3 is 2.69 bits per heavy atom. The van der Waals surface area contributed by atoms with Crippen LogP contribution in [-0.2, 0) is 17.4 Å². The van der Waals surface area contributed by atoms with Gasteiger partial charge in [0.15, 0.2) is 11.7 Å². The highest BCUT2D eigenvalue weighted by Gasteiger charge is 2.33. The number of guanidine groups is 1. The van der Waals surface area contributed by atoms with Crippen molar-refractivity contribution < 1.29 is 18.0 Å². The van der Waals surface area contributed by atoms with Gasteiger partial charge in [0, 0.05) is 50.4 Å². The number of carbonyl (C=O) groups is 1. The molecule has 0 aliphatic carbocycles. The molecule has 1 aliphatic rings. The molecule has 0 bridgehead atoms. The minimum atomic E-state index is -4.40. The van der Waals surface area contributed by atoms with Crippen molar-refractivity contribution in [3.8, 4) is 0 Å². The number of carbonyl (C=O) groups excluding carboxylic acids is 1. The molecule has 0 aromatic carbocycles. The predicted octanol–water partition coefficient (Wildman–Crippen LogP) is 3.67. The first-order chi connectivity index (χ1) is 13.3. The van der Waals surface area contributed by atoms with E-state index >= 15 is 0 Å². The van der Waals surface area contributed by atoms with Gasteiger partial charge < -0.3 is 15.5 Å². The number of thiazole rings is 1. The number of rotatable bonds is 9. The van der Waals surface area contributed by atoms with Crippen LogP contribution in [0.15, 0.2) is 10.4 Å². The molecule has 1 atom stereocenters. The first-order valence-electron chi connectivity index (χ1n) is 9.68. The monoisotopic (exact) mass is 547 g/mol. The maximum Gasteiger partial charge on any atom is 0.434 e. The minimum absolute atomic E-state index is 0. The maximum absolute atomic E-state index is 12.6. The number of aromatic nitrogens is 1. The molecule has 1 saturated heterocycles. The lowest BCUT2D eigenvalue weighted by atomic mass is 10.1. The average molecular weight is 547 g/mol. The fourth-order valence-electron chi connectivity index (χ4n) is 3.15. The zero-order valence-corrected chi connectivity index (χ0v) is 19.9. The molecule has 11 heteroatoms. The Labute approximate surface area is 190 Å². The van der Waals surface area contributed by atoms with Crippen LogP contribution in [0.4, 0.5) is 13.2 Å². The highest BCUT2D eigenvalue weighted by Crippen LogP contribution is 2.30. The van der Waals surface area contributed by atoms with E-state index in [2.05, 4.69) is 27.5 Å². The number of amides is 1. The number of nitrogens with one attached hydrogen (secondary N) is 2. The molecule has 0 saturated carbocycles. The normalized spacial score (nSPS) is 16.0. The number of alkyl halides is 3. The summed E-state index contributed by atoms with van der Waals surface area (Å²) >= 11 is 1.01. The average Bonchev–Trinajstić information content (AvgIpc) is 3.28. The largest absolute Gasteiger partial charge is 0.434 e. The van der Waals surface area contributed by atoms with Gasteiger partial charge in [-0.25, -0.2) is 4.98 Å². The van der Waals surface area contributed by atoms with E-state index in [1.165, 1.54) is 0 Å².